The van der Waals surface area contributed by atoms with Crippen LogP contribution in [0.2, 0.25) is 0 Å². The van der Waals surface area contributed by atoms with Crippen LogP contribution < -0.4 is 5.73 Å². The third-order valence-electron chi connectivity index (χ3n) is 8.61. The van der Waals surface area contributed by atoms with E-state index in [0.29, 0.717) is 25.8 Å². The lowest BCUT2D eigenvalue weighted by Crippen LogP contribution is -2.59. The predicted octanol–water partition coefficient (Wildman–Crippen LogP) is 5.15. The van der Waals surface area contributed by atoms with E-state index in [9.17, 15) is 14.4 Å². The van der Waals surface area contributed by atoms with E-state index in [1.165, 1.54) is 9.80 Å². The van der Waals surface area contributed by atoms with E-state index in [-0.39, 0.29) is 43.7 Å². The molecule has 9 heteroatoms. The molecular weight excluding hydrogens is 561 g/mol. The Labute approximate surface area is 253 Å². The van der Waals surface area contributed by atoms with Crippen molar-refractivity contribution < 1.29 is 23.7 Å². The van der Waals surface area contributed by atoms with Gasteiger partial charge in [-0.1, -0.05) is 91.0 Å². The zero-order chi connectivity index (χ0) is 30.5. The number of esters is 1. The molecule has 3 aromatic carbocycles. The molecule has 0 bridgehead atoms. The van der Waals surface area contributed by atoms with Gasteiger partial charge in [-0.3, -0.25) is 9.59 Å². The highest BCUT2D eigenvalue weighted by Crippen LogP contribution is 2.68. The first-order valence-electron chi connectivity index (χ1n) is 15.0. The van der Waals surface area contributed by atoms with Crippen molar-refractivity contribution in [1.29, 1.82) is 0 Å². The van der Waals surface area contributed by atoms with Crippen LogP contribution >= 0.6 is 7.14 Å². The van der Waals surface area contributed by atoms with E-state index >= 15 is 4.57 Å². The summed E-state index contributed by atoms with van der Waals surface area (Å²) in [5, 5.41) is -1.68. The number of rotatable bonds is 10. The standard InChI is InChI=1S/C34H40N3O5P/c1-26(35)31(38)36-21-11-19-30(36)32(39)37-22-12-20-34(37,33(40)42-23-27-13-5-2-6-14-27)43(41,24-28-15-7-3-8-16-28)25-29-17-9-4-10-18-29/h2-10,13-18,26,30H,11-12,19-25,35H2,1H3/t26-,30-,34-/m0/s1. The van der Waals surface area contributed by atoms with E-state index in [0.717, 1.165) is 16.7 Å². The zero-order valence-corrected chi connectivity index (χ0v) is 25.5. The van der Waals surface area contributed by atoms with Crippen LogP contribution in [0.15, 0.2) is 91.0 Å². The summed E-state index contributed by atoms with van der Waals surface area (Å²) in [5.41, 5.74) is 8.38. The van der Waals surface area contributed by atoms with E-state index < -0.39 is 30.5 Å². The molecule has 2 heterocycles. The Hall–Kier alpha value is -3.74. The summed E-state index contributed by atoms with van der Waals surface area (Å²) >= 11 is 0. The van der Waals surface area contributed by atoms with Gasteiger partial charge in [0.15, 0.2) is 5.28 Å². The number of hydrogen-bond donors (Lipinski definition) is 1. The number of nitrogens with zero attached hydrogens (tertiary/aromatic N) is 2. The van der Waals surface area contributed by atoms with Crippen LogP contribution in [0.3, 0.4) is 0 Å². The Kier molecular flexibility index (Phi) is 9.48. The molecule has 0 spiro atoms. The first kappa shape index (κ1) is 30.7. The van der Waals surface area contributed by atoms with E-state index in [2.05, 4.69) is 0 Å². The highest BCUT2D eigenvalue weighted by molar-refractivity contribution is 7.65. The molecule has 8 nitrogen and oxygen atoms in total. The van der Waals surface area contributed by atoms with Gasteiger partial charge in [0.2, 0.25) is 11.8 Å². The van der Waals surface area contributed by atoms with Crippen molar-refractivity contribution in [3.8, 4) is 0 Å². The summed E-state index contributed by atoms with van der Waals surface area (Å²) in [6.07, 6.45) is 2.08. The van der Waals surface area contributed by atoms with E-state index in [1.54, 1.807) is 6.92 Å². The fourth-order valence-electron chi connectivity index (χ4n) is 6.54. The van der Waals surface area contributed by atoms with Crippen LogP contribution in [-0.2, 0) is 42.6 Å². The van der Waals surface area contributed by atoms with Gasteiger partial charge in [-0.15, -0.1) is 0 Å². The van der Waals surface area contributed by atoms with Gasteiger partial charge in [0.05, 0.1) is 6.04 Å². The predicted molar refractivity (Wildman–Crippen MR) is 166 cm³/mol. The van der Waals surface area contributed by atoms with Crippen molar-refractivity contribution in [3.05, 3.63) is 108 Å². The molecule has 2 aliphatic rings. The number of amides is 2. The first-order chi connectivity index (χ1) is 20.7. The van der Waals surface area contributed by atoms with Gasteiger partial charge in [0, 0.05) is 25.4 Å². The lowest BCUT2D eigenvalue weighted by atomic mass is 10.1. The molecule has 0 aromatic heterocycles. The highest BCUT2D eigenvalue weighted by atomic mass is 31.2. The molecule has 43 heavy (non-hydrogen) atoms. The lowest BCUT2D eigenvalue weighted by molar-refractivity contribution is -0.159. The molecule has 0 aliphatic carbocycles. The second-order valence-electron chi connectivity index (χ2n) is 11.6. The Morgan fingerprint density at radius 1 is 0.860 bits per heavy atom. The SMILES string of the molecule is C[C@H](N)C(=O)N1CCC[C@H]1C(=O)N1CCC[C@@]1(C(=O)OCc1ccccc1)P(=O)(Cc1ccccc1)Cc1ccccc1. The van der Waals surface area contributed by atoms with Crippen LogP contribution in [0.4, 0.5) is 0 Å². The Bertz CT molecular complexity index is 1420. The Morgan fingerprint density at radius 3 is 1.93 bits per heavy atom. The number of ether oxygens (including phenoxy) is 1. The van der Waals surface area contributed by atoms with Gasteiger partial charge in [0.25, 0.3) is 0 Å². The molecule has 0 saturated carbocycles. The number of nitrogens with two attached hydrogens (primary N) is 1. The van der Waals surface area contributed by atoms with Crippen LogP contribution in [-0.4, -0.2) is 58.0 Å². The fourth-order valence-corrected chi connectivity index (χ4v) is 10.4. The first-order valence-corrected chi connectivity index (χ1v) is 17.1. The van der Waals surface area contributed by atoms with Crippen molar-refractivity contribution in [1.82, 2.24) is 9.80 Å². The van der Waals surface area contributed by atoms with Crippen molar-refractivity contribution >= 4 is 24.9 Å². The molecule has 2 N–H and O–H groups in total. The minimum Gasteiger partial charge on any atom is -0.459 e. The molecule has 226 valence electrons. The summed E-state index contributed by atoms with van der Waals surface area (Å²) in [4.78, 5) is 45.1. The number of benzene rings is 3. The summed E-state index contributed by atoms with van der Waals surface area (Å²) in [7, 11) is -3.63. The fraction of sp³-hybridized carbons (Fsp3) is 0.382. The van der Waals surface area contributed by atoms with Crippen LogP contribution in [0.1, 0.15) is 49.3 Å². The molecule has 0 unspecified atom stereocenters. The van der Waals surface area contributed by atoms with Crippen LogP contribution in [0.25, 0.3) is 0 Å². The largest absolute Gasteiger partial charge is 0.459 e. The molecule has 3 atom stereocenters. The van der Waals surface area contributed by atoms with Crippen molar-refractivity contribution in [2.75, 3.05) is 13.1 Å². The maximum Gasteiger partial charge on any atom is 0.340 e. The smallest absolute Gasteiger partial charge is 0.340 e. The molecular formula is C34H40N3O5P. The van der Waals surface area contributed by atoms with Gasteiger partial charge in [-0.25, -0.2) is 4.79 Å². The summed E-state index contributed by atoms with van der Waals surface area (Å²) in [6, 6.07) is 26.8. The normalized spacial score (nSPS) is 21.0. The van der Waals surface area contributed by atoms with Crippen molar-refractivity contribution in [2.45, 2.75) is 68.9 Å². The number of carbonyl (C=O) groups is 3. The molecule has 3 aromatic rings. The second-order valence-corrected chi connectivity index (χ2v) is 14.8. The molecule has 2 amide bonds. The molecule has 5 rings (SSSR count). The van der Waals surface area contributed by atoms with Crippen LogP contribution in [0.5, 0.6) is 0 Å². The van der Waals surface area contributed by atoms with Gasteiger partial charge in [-0.05, 0) is 49.3 Å². The molecule has 0 radical (unpaired) electrons. The minimum absolute atomic E-state index is 0.00114. The summed E-state index contributed by atoms with van der Waals surface area (Å²) in [5.74, 6) is -1.31. The maximum atomic E-state index is 15.8. The maximum absolute atomic E-state index is 15.8. The zero-order valence-electron chi connectivity index (χ0n) is 24.6. The summed E-state index contributed by atoms with van der Waals surface area (Å²) in [6.45, 7) is 2.28. The third-order valence-corrected chi connectivity index (χ3v) is 12.4. The average Bonchev–Trinajstić information content (AvgIpc) is 3.70. The monoisotopic (exact) mass is 601 g/mol. The quantitative estimate of drug-likeness (QED) is 0.254. The Balaban J connectivity index is 1.60. The number of carbonyl (C=O) groups excluding carboxylic acids is 3. The van der Waals surface area contributed by atoms with Gasteiger partial charge in [-0.2, -0.15) is 0 Å². The van der Waals surface area contributed by atoms with E-state index in [4.69, 9.17) is 10.5 Å². The molecule has 2 fully saturated rings. The highest BCUT2D eigenvalue weighted by Gasteiger charge is 2.63. The lowest BCUT2D eigenvalue weighted by Gasteiger charge is -2.44. The van der Waals surface area contributed by atoms with Crippen molar-refractivity contribution in [3.63, 3.8) is 0 Å². The topological polar surface area (TPSA) is 110 Å². The third kappa shape index (κ3) is 6.31. The average molecular weight is 602 g/mol. The van der Waals surface area contributed by atoms with E-state index in [1.807, 2.05) is 91.0 Å². The number of hydrogen-bond acceptors (Lipinski definition) is 6. The molecule has 2 saturated heterocycles. The van der Waals surface area contributed by atoms with Gasteiger partial charge < -0.3 is 24.8 Å². The van der Waals surface area contributed by atoms with Crippen molar-refractivity contribution in [2.24, 2.45) is 5.73 Å². The minimum atomic E-state index is -3.63. The number of likely N-dealkylation sites (tertiary alicyclic amines) is 2. The van der Waals surface area contributed by atoms with Gasteiger partial charge >= 0.3 is 5.97 Å². The Morgan fingerprint density at radius 2 is 1.40 bits per heavy atom. The van der Waals surface area contributed by atoms with Gasteiger partial charge in [0.1, 0.15) is 19.8 Å². The molecule has 2 aliphatic heterocycles. The second kappa shape index (κ2) is 13.3. The van der Waals surface area contributed by atoms with Crippen LogP contribution in [0, 0.1) is 0 Å². The summed E-state index contributed by atoms with van der Waals surface area (Å²) < 4.78 is 21.8.